The summed E-state index contributed by atoms with van der Waals surface area (Å²) in [5.41, 5.74) is 5.83. The molecule has 1 aliphatic heterocycles. The van der Waals surface area contributed by atoms with Gasteiger partial charge in [0.15, 0.2) is 0 Å². The molecule has 0 spiro atoms. The fourth-order valence-corrected chi connectivity index (χ4v) is 9.81. The molecule has 0 bridgehead atoms. The Morgan fingerprint density at radius 1 is 0.954 bits per heavy atom. The number of carbonyl (C=O) groups excluding carboxylic acids is 1. The predicted octanol–water partition coefficient (Wildman–Crippen LogP) is 9.23. The van der Waals surface area contributed by atoms with E-state index in [0.29, 0.717) is 42.2 Å². The molecule has 12 nitrogen and oxygen atoms in total. The molecule has 0 radical (unpaired) electrons. The smallest absolute Gasteiger partial charge is 0.410 e. The molecule has 1 aromatic heterocycles. The molecule has 1 saturated carbocycles. The Kier molecular flexibility index (Phi) is 16.8. The molecular weight excluding hydrogens is 830 g/mol. The van der Waals surface area contributed by atoms with Crippen LogP contribution in [-0.4, -0.2) is 83.9 Å². The van der Waals surface area contributed by atoms with Crippen LogP contribution in [0.3, 0.4) is 0 Å². The van der Waals surface area contributed by atoms with Gasteiger partial charge in [0, 0.05) is 43.4 Å². The molecule has 2 aliphatic carbocycles. The minimum atomic E-state index is -1.52. The molecule has 346 valence electrons. The number of fused-ring (bicyclic) bond motifs is 2. The molecular formula is C52H62FN3O9. The first kappa shape index (κ1) is 47.4. The summed E-state index contributed by atoms with van der Waals surface area (Å²) in [5.74, 6) is -1.43. The monoisotopic (exact) mass is 891 g/mol. The van der Waals surface area contributed by atoms with Gasteiger partial charge in [-0.05, 0) is 104 Å². The summed E-state index contributed by atoms with van der Waals surface area (Å²) < 4.78 is 47.1. The minimum absolute atomic E-state index is 0.0128. The van der Waals surface area contributed by atoms with Crippen molar-refractivity contribution in [2.75, 3.05) is 40.1 Å². The van der Waals surface area contributed by atoms with Crippen molar-refractivity contribution in [3.05, 3.63) is 149 Å². The second-order valence-electron chi connectivity index (χ2n) is 16.9. The van der Waals surface area contributed by atoms with Crippen molar-refractivity contribution in [3.8, 4) is 11.5 Å². The number of hydrogen-bond acceptors (Lipinski definition) is 11. The third-order valence-electron chi connectivity index (χ3n) is 12.6. The number of halogens is 1. The minimum Gasteiger partial charge on any atom is -0.487 e. The summed E-state index contributed by atoms with van der Waals surface area (Å²) in [6, 6.07) is 26.6. The lowest BCUT2D eigenvalue weighted by atomic mass is 9.55. The van der Waals surface area contributed by atoms with Crippen LogP contribution in [0, 0.1) is 30.5 Å². The van der Waals surface area contributed by atoms with Crippen molar-refractivity contribution in [2.45, 2.75) is 89.4 Å². The van der Waals surface area contributed by atoms with Crippen LogP contribution >= 0.6 is 0 Å². The first-order chi connectivity index (χ1) is 31.8. The number of unbranched alkanes of at least 4 members (excludes halogenated alkanes) is 2. The normalized spacial score (nSPS) is 22.5. The van der Waals surface area contributed by atoms with Gasteiger partial charge >= 0.3 is 6.09 Å². The third kappa shape index (κ3) is 11.4. The van der Waals surface area contributed by atoms with Gasteiger partial charge in [0.25, 0.3) is 0 Å². The van der Waals surface area contributed by atoms with E-state index in [2.05, 4.69) is 28.9 Å². The molecule has 3 aliphatic rings. The number of hydrogen-bond donors (Lipinski definition) is 2. The maximum atomic E-state index is 14.8. The Morgan fingerprint density at radius 2 is 1.74 bits per heavy atom. The third-order valence-corrected chi connectivity index (χ3v) is 12.6. The number of benzene rings is 3. The fourth-order valence-electron chi connectivity index (χ4n) is 9.81. The van der Waals surface area contributed by atoms with Gasteiger partial charge in [-0.15, -0.1) is 6.58 Å². The molecule has 2 N–H and O–H groups in total. The Hall–Kier alpha value is -5.60. The van der Waals surface area contributed by atoms with Crippen LogP contribution in [0.1, 0.15) is 78.9 Å². The average Bonchev–Trinajstić information content (AvgIpc) is 3.32. The summed E-state index contributed by atoms with van der Waals surface area (Å²) in [6.45, 7) is 7.00. The van der Waals surface area contributed by atoms with Crippen molar-refractivity contribution in [2.24, 2.45) is 22.9 Å². The number of aryl methyl sites for hydroxylation is 1. The van der Waals surface area contributed by atoms with Crippen LogP contribution in [0.2, 0.25) is 0 Å². The SMILES string of the molecule is C=CCOC12Oc3ccc(OCc4cccc(C)n4)cc3C3C(CCCCO)C(CCCCO)C=C(C(=NOC)CC1N(Cc1ccc(F)cc1)C(=O)OCCOCc1ccccc1)C32. The largest absolute Gasteiger partial charge is 0.487 e. The number of rotatable bonds is 23. The number of aromatic nitrogens is 1. The number of allylic oxidation sites excluding steroid dienone is 1. The zero-order chi connectivity index (χ0) is 45.6. The van der Waals surface area contributed by atoms with Crippen molar-refractivity contribution < 1.29 is 47.9 Å². The molecule has 13 heteroatoms. The van der Waals surface area contributed by atoms with E-state index < -0.39 is 29.7 Å². The second-order valence-corrected chi connectivity index (χ2v) is 16.9. The fraction of sp³-hybridized carbons (Fsp3) is 0.442. The van der Waals surface area contributed by atoms with Crippen molar-refractivity contribution in [1.29, 1.82) is 0 Å². The first-order valence-electron chi connectivity index (χ1n) is 22.7. The zero-order valence-corrected chi connectivity index (χ0v) is 37.5. The Balaban J connectivity index is 1.34. The van der Waals surface area contributed by atoms with E-state index in [0.717, 1.165) is 53.8 Å². The molecule has 4 aromatic rings. The van der Waals surface area contributed by atoms with Crippen LogP contribution in [0.4, 0.5) is 9.18 Å². The molecule has 7 rings (SSSR count). The Bertz CT molecular complexity index is 2240. The molecule has 65 heavy (non-hydrogen) atoms. The van der Waals surface area contributed by atoms with Gasteiger partial charge in [0.2, 0.25) is 5.79 Å². The maximum Gasteiger partial charge on any atom is 0.410 e. The Morgan fingerprint density at radius 3 is 2.48 bits per heavy atom. The number of pyridine rings is 1. The van der Waals surface area contributed by atoms with Gasteiger partial charge in [-0.2, -0.15) is 0 Å². The summed E-state index contributed by atoms with van der Waals surface area (Å²) in [6.07, 6.45) is 7.94. The van der Waals surface area contributed by atoms with E-state index in [1.165, 1.54) is 19.2 Å². The predicted molar refractivity (Wildman–Crippen MR) is 245 cm³/mol. The van der Waals surface area contributed by atoms with Gasteiger partial charge in [-0.25, -0.2) is 9.18 Å². The quantitative estimate of drug-likeness (QED) is 0.0421. The van der Waals surface area contributed by atoms with Crippen LogP contribution in [0.25, 0.3) is 0 Å². The lowest BCUT2D eigenvalue weighted by molar-refractivity contribution is -0.256. The molecule has 3 aromatic carbocycles. The Labute approximate surface area is 381 Å². The molecule has 6 atom stereocenters. The standard InChI is InChI=1S/C52H62FN3O9/c1-4-27-64-52-48(56(33-37-19-21-40(53)22-20-37)51(59)62-29-28-61-34-38-14-6-5-7-15-38)32-46(55-60-3)44-30-39(16-8-10-25-57)43(18-9-11-26-58)49(50(44)52)45-31-42(23-24-47(45)65-52)63-35-41-17-12-13-36(2)54-41/h4-7,12-15,17,19-24,30-31,39,43,48-50,57-58H,1,8-11,16,18,25-29,32-35H2,2-3H3. The number of aliphatic hydroxyl groups is 2. The van der Waals surface area contributed by atoms with Crippen molar-refractivity contribution in [1.82, 2.24) is 9.88 Å². The molecule has 1 fully saturated rings. The number of nitrogens with zero attached hydrogens (tertiary/aromatic N) is 3. The highest BCUT2D eigenvalue weighted by Crippen LogP contribution is 2.62. The van der Waals surface area contributed by atoms with Crippen LogP contribution in [0.5, 0.6) is 11.5 Å². The topological polar surface area (TPSA) is 141 Å². The lowest BCUT2D eigenvalue weighted by Gasteiger charge is -2.59. The maximum absolute atomic E-state index is 14.8. The van der Waals surface area contributed by atoms with Gasteiger partial charge in [0.05, 0.1) is 37.1 Å². The molecule has 2 heterocycles. The van der Waals surface area contributed by atoms with E-state index in [9.17, 15) is 19.4 Å². The van der Waals surface area contributed by atoms with E-state index in [1.807, 2.05) is 67.6 Å². The van der Waals surface area contributed by atoms with E-state index in [-0.39, 0.29) is 70.4 Å². The highest BCUT2D eigenvalue weighted by Gasteiger charge is 2.65. The highest BCUT2D eigenvalue weighted by molar-refractivity contribution is 6.03. The van der Waals surface area contributed by atoms with E-state index in [4.69, 9.17) is 28.5 Å². The molecule has 1 amide bonds. The van der Waals surface area contributed by atoms with Gasteiger partial charge in [-0.1, -0.05) is 78.7 Å². The van der Waals surface area contributed by atoms with Gasteiger partial charge in [-0.3, -0.25) is 9.88 Å². The summed E-state index contributed by atoms with van der Waals surface area (Å²) in [5, 5.41) is 24.5. The summed E-state index contributed by atoms with van der Waals surface area (Å²) in [4.78, 5) is 26.6. The lowest BCUT2D eigenvalue weighted by Crippen LogP contribution is -2.70. The first-order valence-corrected chi connectivity index (χ1v) is 22.7. The second kappa shape index (κ2) is 23.0. The number of ether oxygens (including phenoxy) is 5. The summed E-state index contributed by atoms with van der Waals surface area (Å²) in [7, 11) is 1.51. The van der Waals surface area contributed by atoms with E-state index >= 15 is 0 Å². The van der Waals surface area contributed by atoms with Crippen LogP contribution in [-0.2, 0) is 38.8 Å². The number of aliphatic hydroxyl groups excluding tert-OH is 2. The number of amides is 1. The average molecular weight is 892 g/mol. The summed E-state index contributed by atoms with van der Waals surface area (Å²) >= 11 is 0. The molecule has 0 saturated heterocycles. The van der Waals surface area contributed by atoms with Crippen molar-refractivity contribution in [3.63, 3.8) is 0 Å². The highest BCUT2D eigenvalue weighted by atomic mass is 19.1. The van der Waals surface area contributed by atoms with Gasteiger partial charge < -0.3 is 38.7 Å². The number of carbonyl (C=O) groups is 1. The van der Waals surface area contributed by atoms with Crippen LogP contribution in [0.15, 0.2) is 120 Å². The molecule has 6 unspecified atom stereocenters. The van der Waals surface area contributed by atoms with Crippen molar-refractivity contribution >= 4 is 11.8 Å². The van der Waals surface area contributed by atoms with Crippen LogP contribution < -0.4 is 9.47 Å². The van der Waals surface area contributed by atoms with Gasteiger partial charge in [0.1, 0.15) is 43.7 Å². The van der Waals surface area contributed by atoms with E-state index in [1.54, 1.807) is 23.1 Å². The number of oxime groups is 1. The zero-order valence-electron chi connectivity index (χ0n) is 37.5.